The first-order valence-electron chi connectivity index (χ1n) is 7.48. The quantitative estimate of drug-likeness (QED) is 0.841. The Morgan fingerprint density at radius 2 is 1.96 bits per heavy atom. The standard InChI is InChI=1S/C16H16BrN3O3S/c17-12-8-9-15(18-11-12)19-16(21)14-7-4-10-20(14)24(22,23)13-5-2-1-3-6-13/h1-3,5-6,8-9,11,14H,4,7,10H2,(H,18,19,21)/t14-/m1/s1. The summed E-state index contributed by atoms with van der Waals surface area (Å²) in [7, 11) is -3.69. The van der Waals surface area contributed by atoms with Crippen LogP contribution in [0.15, 0.2) is 58.0 Å². The number of halogens is 1. The van der Waals surface area contributed by atoms with Crippen LogP contribution < -0.4 is 5.32 Å². The molecule has 126 valence electrons. The van der Waals surface area contributed by atoms with Crippen LogP contribution in [-0.4, -0.2) is 36.2 Å². The highest BCUT2D eigenvalue weighted by Gasteiger charge is 2.39. The zero-order chi connectivity index (χ0) is 17.2. The highest BCUT2D eigenvalue weighted by molar-refractivity contribution is 9.10. The van der Waals surface area contributed by atoms with Gasteiger partial charge in [0.1, 0.15) is 11.9 Å². The van der Waals surface area contributed by atoms with E-state index in [0.29, 0.717) is 25.2 Å². The van der Waals surface area contributed by atoms with Gasteiger partial charge in [0.2, 0.25) is 15.9 Å². The van der Waals surface area contributed by atoms with Crippen LogP contribution in [0.25, 0.3) is 0 Å². The van der Waals surface area contributed by atoms with Crippen LogP contribution in [0.4, 0.5) is 5.82 Å². The average Bonchev–Trinajstić information content (AvgIpc) is 3.08. The molecule has 0 saturated carbocycles. The highest BCUT2D eigenvalue weighted by Crippen LogP contribution is 2.26. The molecule has 0 aliphatic carbocycles. The van der Waals surface area contributed by atoms with Crippen molar-refractivity contribution in [1.29, 1.82) is 0 Å². The predicted molar refractivity (Wildman–Crippen MR) is 93.9 cm³/mol. The molecule has 24 heavy (non-hydrogen) atoms. The first-order chi connectivity index (χ1) is 11.5. The van der Waals surface area contributed by atoms with E-state index in [0.717, 1.165) is 4.47 Å². The third-order valence-electron chi connectivity index (χ3n) is 3.83. The number of nitrogens with one attached hydrogen (secondary N) is 1. The lowest BCUT2D eigenvalue weighted by Gasteiger charge is -2.23. The molecule has 1 aliphatic heterocycles. The molecule has 6 nitrogen and oxygen atoms in total. The second kappa shape index (κ2) is 7.00. The molecule has 1 aromatic heterocycles. The monoisotopic (exact) mass is 409 g/mol. The summed E-state index contributed by atoms with van der Waals surface area (Å²) in [4.78, 5) is 16.8. The average molecular weight is 410 g/mol. The molecule has 0 bridgehead atoms. The van der Waals surface area contributed by atoms with Crippen molar-refractivity contribution in [2.24, 2.45) is 0 Å². The zero-order valence-corrected chi connectivity index (χ0v) is 15.1. The molecule has 1 aliphatic rings. The predicted octanol–water partition coefficient (Wildman–Crippen LogP) is 2.64. The van der Waals surface area contributed by atoms with Crippen LogP contribution in [-0.2, 0) is 14.8 Å². The van der Waals surface area contributed by atoms with Gasteiger partial charge in [-0.25, -0.2) is 13.4 Å². The lowest BCUT2D eigenvalue weighted by atomic mass is 10.2. The van der Waals surface area contributed by atoms with E-state index >= 15 is 0 Å². The van der Waals surface area contributed by atoms with Gasteiger partial charge in [0.25, 0.3) is 0 Å². The summed E-state index contributed by atoms with van der Waals surface area (Å²) >= 11 is 3.28. The van der Waals surface area contributed by atoms with E-state index in [-0.39, 0.29) is 10.8 Å². The molecule has 0 spiro atoms. The summed E-state index contributed by atoms with van der Waals surface area (Å²) in [5, 5.41) is 2.69. The molecule has 3 rings (SSSR count). The minimum atomic E-state index is -3.69. The molecule has 1 fully saturated rings. The van der Waals surface area contributed by atoms with Crippen molar-refractivity contribution >= 4 is 37.7 Å². The summed E-state index contributed by atoms with van der Waals surface area (Å²) in [5.74, 6) is 0.0361. The number of hydrogen-bond donors (Lipinski definition) is 1. The molecular formula is C16H16BrN3O3S. The normalized spacial score (nSPS) is 18.5. The summed E-state index contributed by atoms with van der Waals surface area (Å²) in [6, 6.07) is 10.9. The molecule has 1 amide bonds. The number of amides is 1. The van der Waals surface area contributed by atoms with Gasteiger partial charge >= 0.3 is 0 Å². The van der Waals surface area contributed by atoms with Crippen LogP contribution >= 0.6 is 15.9 Å². The third kappa shape index (κ3) is 3.50. The van der Waals surface area contributed by atoms with Crippen LogP contribution in [0.2, 0.25) is 0 Å². The Morgan fingerprint density at radius 1 is 1.21 bits per heavy atom. The minimum absolute atomic E-state index is 0.200. The summed E-state index contributed by atoms with van der Waals surface area (Å²) in [6.45, 7) is 0.336. The van der Waals surface area contributed by atoms with E-state index < -0.39 is 16.1 Å². The Kier molecular flexibility index (Phi) is 4.98. The lowest BCUT2D eigenvalue weighted by molar-refractivity contribution is -0.119. The van der Waals surface area contributed by atoms with Crippen molar-refractivity contribution in [3.63, 3.8) is 0 Å². The van der Waals surface area contributed by atoms with Crippen molar-refractivity contribution < 1.29 is 13.2 Å². The number of anilines is 1. The second-order valence-electron chi connectivity index (χ2n) is 5.44. The fraction of sp³-hybridized carbons (Fsp3) is 0.250. The number of nitrogens with zero attached hydrogens (tertiary/aromatic N) is 2. The summed E-state index contributed by atoms with van der Waals surface area (Å²) in [6.07, 6.45) is 2.72. The SMILES string of the molecule is O=C(Nc1ccc(Br)cn1)[C@H]1CCCN1S(=O)(=O)c1ccccc1. The van der Waals surface area contributed by atoms with Gasteiger partial charge in [-0.3, -0.25) is 4.79 Å². The van der Waals surface area contributed by atoms with Gasteiger partial charge in [-0.1, -0.05) is 18.2 Å². The molecule has 0 radical (unpaired) electrons. The Morgan fingerprint density at radius 3 is 2.62 bits per heavy atom. The molecule has 1 aromatic carbocycles. The topological polar surface area (TPSA) is 79.4 Å². The van der Waals surface area contributed by atoms with Gasteiger partial charge in [0, 0.05) is 17.2 Å². The van der Waals surface area contributed by atoms with Gasteiger partial charge in [-0.05, 0) is 53.0 Å². The van der Waals surface area contributed by atoms with E-state index in [2.05, 4.69) is 26.2 Å². The number of benzene rings is 1. The Labute approximate surface area is 149 Å². The number of aromatic nitrogens is 1. The summed E-state index contributed by atoms with van der Waals surface area (Å²) < 4.78 is 27.6. The molecule has 1 N–H and O–H groups in total. The van der Waals surface area contributed by atoms with Crippen LogP contribution in [0, 0.1) is 0 Å². The fourth-order valence-corrected chi connectivity index (χ4v) is 4.59. The van der Waals surface area contributed by atoms with Gasteiger partial charge in [0.15, 0.2) is 0 Å². The van der Waals surface area contributed by atoms with Crippen molar-refractivity contribution in [3.8, 4) is 0 Å². The largest absolute Gasteiger partial charge is 0.309 e. The van der Waals surface area contributed by atoms with Crippen LogP contribution in [0.3, 0.4) is 0 Å². The fourth-order valence-electron chi connectivity index (χ4n) is 2.68. The number of carbonyl (C=O) groups excluding carboxylic acids is 1. The first kappa shape index (κ1) is 17.1. The van der Waals surface area contributed by atoms with Crippen LogP contribution in [0.5, 0.6) is 0 Å². The Hall–Kier alpha value is -1.77. The van der Waals surface area contributed by atoms with Crippen molar-refractivity contribution in [2.45, 2.75) is 23.8 Å². The number of rotatable bonds is 4. The number of hydrogen-bond acceptors (Lipinski definition) is 4. The van der Waals surface area contributed by atoms with Crippen molar-refractivity contribution in [1.82, 2.24) is 9.29 Å². The van der Waals surface area contributed by atoms with E-state index in [4.69, 9.17) is 0 Å². The molecular weight excluding hydrogens is 394 g/mol. The second-order valence-corrected chi connectivity index (χ2v) is 8.24. The maximum Gasteiger partial charge on any atom is 0.243 e. The van der Waals surface area contributed by atoms with Crippen molar-refractivity contribution in [3.05, 3.63) is 53.1 Å². The number of pyridine rings is 1. The molecule has 1 atom stereocenters. The first-order valence-corrected chi connectivity index (χ1v) is 9.71. The highest BCUT2D eigenvalue weighted by atomic mass is 79.9. The maximum atomic E-state index is 12.8. The molecule has 1 saturated heterocycles. The van der Waals surface area contributed by atoms with Gasteiger partial charge in [0.05, 0.1) is 4.90 Å². The van der Waals surface area contributed by atoms with Crippen molar-refractivity contribution in [2.75, 3.05) is 11.9 Å². The number of sulfonamides is 1. The zero-order valence-electron chi connectivity index (χ0n) is 12.7. The van der Waals surface area contributed by atoms with E-state index in [1.165, 1.54) is 4.31 Å². The van der Waals surface area contributed by atoms with E-state index in [1.807, 2.05) is 0 Å². The molecule has 2 aromatic rings. The third-order valence-corrected chi connectivity index (χ3v) is 6.23. The lowest BCUT2D eigenvalue weighted by Crippen LogP contribution is -2.43. The van der Waals surface area contributed by atoms with Gasteiger partial charge in [-0.2, -0.15) is 4.31 Å². The Balaban J connectivity index is 1.80. The van der Waals surface area contributed by atoms with Crippen LogP contribution in [0.1, 0.15) is 12.8 Å². The Bertz CT molecular complexity index is 825. The van der Waals surface area contributed by atoms with Gasteiger partial charge in [-0.15, -0.1) is 0 Å². The number of carbonyl (C=O) groups is 1. The maximum absolute atomic E-state index is 12.8. The molecule has 0 unspecified atom stereocenters. The smallest absolute Gasteiger partial charge is 0.243 e. The minimum Gasteiger partial charge on any atom is -0.309 e. The van der Waals surface area contributed by atoms with E-state index in [9.17, 15) is 13.2 Å². The molecule has 2 heterocycles. The van der Waals surface area contributed by atoms with Gasteiger partial charge < -0.3 is 5.32 Å². The summed E-state index contributed by atoms with van der Waals surface area (Å²) in [5.41, 5.74) is 0. The molecule has 8 heteroatoms. The van der Waals surface area contributed by atoms with E-state index in [1.54, 1.807) is 48.7 Å².